The van der Waals surface area contributed by atoms with Crippen LogP contribution in [0.4, 0.5) is 0 Å². The molecule has 2 N–H and O–H groups in total. The van der Waals surface area contributed by atoms with Gasteiger partial charge in [-0.2, -0.15) is 0 Å². The first-order valence-electron chi connectivity index (χ1n) is 4.81. The lowest BCUT2D eigenvalue weighted by atomic mass is 10.2. The molecule has 0 saturated carbocycles. The molecule has 84 valence electrons. The Hall–Kier alpha value is -1.22. The van der Waals surface area contributed by atoms with Crippen LogP contribution in [-0.4, -0.2) is 23.9 Å². The van der Waals surface area contributed by atoms with Crippen LogP contribution < -0.4 is 5.73 Å². The summed E-state index contributed by atoms with van der Waals surface area (Å²) in [5.41, 5.74) is 5.06. The fraction of sp³-hybridized carbons (Fsp3) is 0.364. The summed E-state index contributed by atoms with van der Waals surface area (Å²) >= 11 is 0. The third-order valence-electron chi connectivity index (χ3n) is 1.97. The summed E-state index contributed by atoms with van der Waals surface area (Å²) in [5, 5.41) is 0. The molecule has 0 unspecified atom stereocenters. The molecule has 15 heavy (non-hydrogen) atoms. The predicted octanol–water partition coefficient (Wildman–Crippen LogP) is 1.62. The van der Waals surface area contributed by atoms with Crippen molar-refractivity contribution < 1.29 is 4.79 Å². The van der Waals surface area contributed by atoms with E-state index in [1.165, 1.54) is 0 Å². The SMILES string of the molecule is Cl.NC(=O)CCCN1C=CC=CC=CC1. The summed E-state index contributed by atoms with van der Waals surface area (Å²) in [5.74, 6) is -0.225. The molecule has 0 aromatic rings. The van der Waals surface area contributed by atoms with Crippen LogP contribution in [0.5, 0.6) is 0 Å². The van der Waals surface area contributed by atoms with Gasteiger partial charge >= 0.3 is 0 Å². The molecule has 1 aliphatic heterocycles. The zero-order valence-electron chi connectivity index (χ0n) is 8.63. The van der Waals surface area contributed by atoms with Crippen molar-refractivity contribution >= 4 is 18.3 Å². The third kappa shape index (κ3) is 6.80. The van der Waals surface area contributed by atoms with Gasteiger partial charge in [-0.25, -0.2) is 0 Å². The lowest BCUT2D eigenvalue weighted by molar-refractivity contribution is -0.118. The molecule has 1 amide bonds. The van der Waals surface area contributed by atoms with Gasteiger partial charge in [-0.1, -0.05) is 24.3 Å². The van der Waals surface area contributed by atoms with E-state index in [-0.39, 0.29) is 18.3 Å². The number of primary amides is 1. The number of halogens is 1. The number of allylic oxidation sites excluding steroid dienone is 4. The van der Waals surface area contributed by atoms with Crippen molar-refractivity contribution in [3.63, 3.8) is 0 Å². The van der Waals surface area contributed by atoms with Crippen molar-refractivity contribution in [3.8, 4) is 0 Å². The van der Waals surface area contributed by atoms with Gasteiger partial charge in [0.15, 0.2) is 0 Å². The molecule has 0 atom stereocenters. The second kappa shape index (κ2) is 8.12. The van der Waals surface area contributed by atoms with E-state index < -0.39 is 0 Å². The van der Waals surface area contributed by atoms with Gasteiger partial charge in [0.2, 0.25) is 5.91 Å². The topological polar surface area (TPSA) is 46.3 Å². The van der Waals surface area contributed by atoms with Gasteiger partial charge in [-0.15, -0.1) is 12.4 Å². The van der Waals surface area contributed by atoms with Crippen LogP contribution in [0.25, 0.3) is 0 Å². The molecule has 3 nitrogen and oxygen atoms in total. The van der Waals surface area contributed by atoms with Gasteiger partial charge in [-0.05, 0) is 18.7 Å². The Kier molecular flexibility index (Phi) is 7.46. The average molecular weight is 229 g/mol. The zero-order chi connectivity index (χ0) is 10.2. The van der Waals surface area contributed by atoms with Crippen LogP contribution in [0.1, 0.15) is 12.8 Å². The summed E-state index contributed by atoms with van der Waals surface area (Å²) in [6.07, 6.45) is 13.4. The fourth-order valence-corrected chi connectivity index (χ4v) is 1.26. The van der Waals surface area contributed by atoms with E-state index in [1.807, 2.05) is 30.5 Å². The quantitative estimate of drug-likeness (QED) is 0.795. The van der Waals surface area contributed by atoms with E-state index in [2.05, 4.69) is 11.0 Å². The first-order valence-corrected chi connectivity index (χ1v) is 4.81. The van der Waals surface area contributed by atoms with Crippen molar-refractivity contribution in [3.05, 3.63) is 36.6 Å². The smallest absolute Gasteiger partial charge is 0.217 e. The second-order valence-corrected chi connectivity index (χ2v) is 3.22. The number of hydrogen-bond acceptors (Lipinski definition) is 2. The van der Waals surface area contributed by atoms with Crippen LogP contribution in [0.2, 0.25) is 0 Å². The molecule has 0 bridgehead atoms. The first kappa shape index (κ1) is 13.8. The molecule has 1 rings (SSSR count). The maximum Gasteiger partial charge on any atom is 0.217 e. The standard InChI is InChI=1S/C11H16N2O.ClH/c12-11(14)7-6-10-13-8-4-2-1-3-5-9-13;/h1-5,8H,6-7,9-10H2,(H2,12,14);1H. The number of carbonyl (C=O) groups excluding carboxylic acids is 1. The summed E-state index contributed by atoms with van der Waals surface area (Å²) < 4.78 is 0. The molecule has 4 heteroatoms. The Morgan fingerprint density at radius 2 is 2.00 bits per heavy atom. The fourth-order valence-electron chi connectivity index (χ4n) is 1.26. The Morgan fingerprint density at radius 1 is 1.27 bits per heavy atom. The number of nitrogens with two attached hydrogens (primary N) is 1. The van der Waals surface area contributed by atoms with E-state index in [1.54, 1.807) is 0 Å². The maximum atomic E-state index is 10.5. The Labute approximate surface area is 96.7 Å². The van der Waals surface area contributed by atoms with Gasteiger partial charge < -0.3 is 10.6 Å². The summed E-state index contributed by atoms with van der Waals surface area (Å²) in [7, 11) is 0. The summed E-state index contributed by atoms with van der Waals surface area (Å²) in [6.45, 7) is 1.76. The number of carbonyl (C=O) groups is 1. The summed E-state index contributed by atoms with van der Waals surface area (Å²) in [4.78, 5) is 12.7. The van der Waals surface area contributed by atoms with Crippen molar-refractivity contribution in [1.82, 2.24) is 4.90 Å². The highest BCUT2D eigenvalue weighted by Gasteiger charge is 1.99. The van der Waals surface area contributed by atoms with Gasteiger partial charge in [-0.3, -0.25) is 4.79 Å². The molecule has 0 aromatic carbocycles. The van der Waals surface area contributed by atoms with Crippen LogP contribution >= 0.6 is 12.4 Å². The molecule has 0 aromatic heterocycles. The summed E-state index contributed by atoms with van der Waals surface area (Å²) in [6, 6.07) is 0. The molecular formula is C11H17ClN2O. The second-order valence-electron chi connectivity index (χ2n) is 3.22. The van der Waals surface area contributed by atoms with Gasteiger partial charge in [0.1, 0.15) is 0 Å². The largest absolute Gasteiger partial charge is 0.374 e. The van der Waals surface area contributed by atoms with Crippen LogP contribution in [0.3, 0.4) is 0 Å². The van der Waals surface area contributed by atoms with Crippen LogP contribution in [0, 0.1) is 0 Å². The lowest BCUT2D eigenvalue weighted by Crippen LogP contribution is -2.21. The molecule has 0 spiro atoms. The van der Waals surface area contributed by atoms with Gasteiger partial charge in [0, 0.05) is 19.5 Å². The van der Waals surface area contributed by atoms with Crippen molar-refractivity contribution in [2.24, 2.45) is 5.73 Å². The molecule has 0 aliphatic carbocycles. The highest BCUT2D eigenvalue weighted by atomic mass is 35.5. The Morgan fingerprint density at radius 3 is 2.73 bits per heavy atom. The normalized spacial score (nSPS) is 14.3. The highest BCUT2D eigenvalue weighted by molar-refractivity contribution is 5.85. The molecule has 0 saturated heterocycles. The van der Waals surface area contributed by atoms with E-state index in [0.717, 1.165) is 19.5 Å². The molecule has 1 heterocycles. The molecule has 0 fully saturated rings. The minimum absolute atomic E-state index is 0. The number of amides is 1. The van der Waals surface area contributed by atoms with Crippen molar-refractivity contribution in [2.45, 2.75) is 12.8 Å². The average Bonchev–Trinajstić information content (AvgIpc) is 2.07. The van der Waals surface area contributed by atoms with Gasteiger partial charge in [0.25, 0.3) is 0 Å². The molecule has 0 radical (unpaired) electrons. The van der Waals surface area contributed by atoms with E-state index in [0.29, 0.717) is 6.42 Å². The van der Waals surface area contributed by atoms with Crippen LogP contribution in [0.15, 0.2) is 36.6 Å². The number of rotatable bonds is 4. The minimum Gasteiger partial charge on any atom is -0.374 e. The van der Waals surface area contributed by atoms with Crippen molar-refractivity contribution in [2.75, 3.05) is 13.1 Å². The van der Waals surface area contributed by atoms with Crippen LogP contribution in [-0.2, 0) is 4.79 Å². The third-order valence-corrected chi connectivity index (χ3v) is 1.97. The number of nitrogens with zero attached hydrogens (tertiary/aromatic N) is 1. The van der Waals surface area contributed by atoms with E-state index in [9.17, 15) is 4.79 Å². The minimum atomic E-state index is -0.225. The highest BCUT2D eigenvalue weighted by Crippen LogP contribution is 1.99. The molecule has 1 aliphatic rings. The lowest BCUT2D eigenvalue weighted by Gasteiger charge is -2.18. The zero-order valence-corrected chi connectivity index (χ0v) is 9.45. The monoisotopic (exact) mass is 228 g/mol. The van der Waals surface area contributed by atoms with E-state index in [4.69, 9.17) is 5.73 Å². The first-order chi connectivity index (χ1) is 6.79. The number of hydrogen-bond donors (Lipinski definition) is 1. The Bertz CT molecular complexity index is 272. The van der Waals surface area contributed by atoms with Gasteiger partial charge in [0.05, 0.1) is 0 Å². The molecular weight excluding hydrogens is 212 g/mol. The van der Waals surface area contributed by atoms with Crippen molar-refractivity contribution in [1.29, 1.82) is 0 Å². The maximum absolute atomic E-state index is 10.5. The van der Waals surface area contributed by atoms with E-state index >= 15 is 0 Å². The predicted molar refractivity (Wildman–Crippen MR) is 64.7 cm³/mol. The Balaban J connectivity index is 0.00000196.